The zero-order valence-electron chi connectivity index (χ0n) is 11.1. The SMILES string of the molecule is CC(C)CN[C@H](CO)Cc1c[nH]c2ccccc12. The maximum atomic E-state index is 9.44. The van der Waals surface area contributed by atoms with Crippen molar-refractivity contribution in [1.82, 2.24) is 10.3 Å². The van der Waals surface area contributed by atoms with Gasteiger partial charge in [0.2, 0.25) is 0 Å². The van der Waals surface area contributed by atoms with Gasteiger partial charge in [-0.2, -0.15) is 0 Å². The molecule has 1 heterocycles. The van der Waals surface area contributed by atoms with E-state index in [1.54, 1.807) is 0 Å². The summed E-state index contributed by atoms with van der Waals surface area (Å²) >= 11 is 0. The molecule has 0 saturated carbocycles. The van der Waals surface area contributed by atoms with Crippen LogP contribution in [0.15, 0.2) is 30.5 Å². The average Bonchev–Trinajstić information content (AvgIpc) is 2.77. The van der Waals surface area contributed by atoms with E-state index in [-0.39, 0.29) is 12.6 Å². The number of benzene rings is 1. The second kappa shape index (κ2) is 6.03. The summed E-state index contributed by atoms with van der Waals surface area (Å²) in [4.78, 5) is 3.27. The summed E-state index contributed by atoms with van der Waals surface area (Å²) in [7, 11) is 0. The van der Waals surface area contributed by atoms with Crippen molar-refractivity contribution in [1.29, 1.82) is 0 Å². The van der Waals surface area contributed by atoms with Crippen molar-refractivity contribution in [3.05, 3.63) is 36.0 Å². The first-order chi connectivity index (χ1) is 8.70. The van der Waals surface area contributed by atoms with Gasteiger partial charge in [-0.25, -0.2) is 0 Å². The van der Waals surface area contributed by atoms with Crippen LogP contribution in [0.2, 0.25) is 0 Å². The lowest BCUT2D eigenvalue weighted by atomic mass is 10.0. The largest absolute Gasteiger partial charge is 0.395 e. The molecule has 3 heteroatoms. The lowest BCUT2D eigenvalue weighted by molar-refractivity contribution is 0.238. The molecular formula is C15H22N2O. The van der Waals surface area contributed by atoms with Gasteiger partial charge in [-0.1, -0.05) is 32.0 Å². The van der Waals surface area contributed by atoms with Gasteiger partial charge in [-0.15, -0.1) is 0 Å². The Morgan fingerprint density at radius 2 is 2.06 bits per heavy atom. The number of aromatic nitrogens is 1. The van der Waals surface area contributed by atoms with Crippen LogP contribution in [-0.4, -0.2) is 29.3 Å². The molecule has 3 N–H and O–H groups in total. The summed E-state index contributed by atoms with van der Waals surface area (Å²) in [5.74, 6) is 0.599. The van der Waals surface area contributed by atoms with Crippen LogP contribution in [0, 0.1) is 5.92 Å². The van der Waals surface area contributed by atoms with E-state index in [0.29, 0.717) is 5.92 Å². The third kappa shape index (κ3) is 3.12. The van der Waals surface area contributed by atoms with Gasteiger partial charge in [0.25, 0.3) is 0 Å². The summed E-state index contributed by atoms with van der Waals surface area (Å²) in [6.07, 6.45) is 2.90. The fourth-order valence-corrected chi connectivity index (χ4v) is 2.17. The molecular weight excluding hydrogens is 224 g/mol. The number of hydrogen-bond acceptors (Lipinski definition) is 2. The molecule has 0 spiro atoms. The van der Waals surface area contributed by atoms with E-state index < -0.39 is 0 Å². The van der Waals surface area contributed by atoms with Crippen LogP contribution in [-0.2, 0) is 6.42 Å². The van der Waals surface area contributed by atoms with Crippen molar-refractivity contribution in [2.24, 2.45) is 5.92 Å². The molecule has 0 unspecified atom stereocenters. The van der Waals surface area contributed by atoms with Crippen LogP contribution in [0.5, 0.6) is 0 Å². The zero-order chi connectivity index (χ0) is 13.0. The molecule has 98 valence electrons. The van der Waals surface area contributed by atoms with E-state index in [4.69, 9.17) is 0 Å². The average molecular weight is 246 g/mol. The summed E-state index contributed by atoms with van der Waals surface area (Å²) in [6.45, 7) is 5.46. The van der Waals surface area contributed by atoms with Crippen LogP contribution in [0.4, 0.5) is 0 Å². The van der Waals surface area contributed by atoms with Gasteiger partial charge in [-0.05, 0) is 30.5 Å². The molecule has 0 amide bonds. The van der Waals surface area contributed by atoms with Crippen molar-refractivity contribution in [2.75, 3.05) is 13.2 Å². The van der Waals surface area contributed by atoms with E-state index in [0.717, 1.165) is 18.5 Å². The molecule has 0 aliphatic heterocycles. The number of hydrogen-bond donors (Lipinski definition) is 3. The third-order valence-electron chi connectivity index (χ3n) is 3.18. The molecule has 0 aliphatic rings. The van der Waals surface area contributed by atoms with Crippen molar-refractivity contribution in [2.45, 2.75) is 26.3 Å². The van der Waals surface area contributed by atoms with E-state index in [1.165, 1.54) is 10.9 Å². The van der Waals surface area contributed by atoms with Crippen molar-refractivity contribution < 1.29 is 5.11 Å². The molecule has 1 atom stereocenters. The van der Waals surface area contributed by atoms with Gasteiger partial charge in [0.05, 0.1) is 6.61 Å². The molecule has 3 nitrogen and oxygen atoms in total. The first-order valence-electron chi connectivity index (χ1n) is 6.60. The monoisotopic (exact) mass is 246 g/mol. The third-order valence-corrected chi connectivity index (χ3v) is 3.18. The van der Waals surface area contributed by atoms with Crippen LogP contribution < -0.4 is 5.32 Å². The smallest absolute Gasteiger partial charge is 0.0587 e. The quantitative estimate of drug-likeness (QED) is 0.732. The summed E-state index contributed by atoms with van der Waals surface area (Å²) in [6, 6.07) is 8.41. The molecule has 2 aromatic rings. The van der Waals surface area contributed by atoms with Crippen molar-refractivity contribution in [3.8, 4) is 0 Å². The Morgan fingerprint density at radius 1 is 1.28 bits per heavy atom. The minimum Gasteiger partial charge on any atom is -0.395 e. The predicted octanol–water partition coefficient (Wildman–Crippen LogP) is 2.32. The van der Waals surface area contributed by atoms with E-state index >= 15 is 0 Å². The number of rotatable bonds is 6. The van der Waals surface area contributed by atoms with Crippen molar-refractivity contribution >= 4 is 10.9 Å². The Labute approximate surface area is 108 Å². The fourth-order valence-electron chi connectivity index (χ4n) is 2.17. The number of aromatic amines is 1. The normalized spacial score (nSPS) is 13.3. The minimum atomic E-state index is 0.131. The second-order valence-electron chi connectivity index (χ2n) is 5.25. The van der Waals surface area contributed by atoms with Gasteiger partial charge in [0, 0.05) is 23.1 Å². The fraction of sp³-hybridized carbons (Fsp3) is 0.467. The lowest BCUT2D eigenvalue weighted by Crippen LogP contribution is -2.36. The van der Waals surface area contributed by atoms with Crippen LogP contribution in [0.3, 0.4) is 0 Å². The number of nitrogens with one attached hydrogen (secondary N) is 2. The Bertz CT molecular complexity index is 490. The first-order valence-corrected chi connectivity index (χ1v) is 6.60. The second-order valence-corrected chi connectivity index (χ2v) is 5.25. The molecule has 0 radical (unpaired) electrons. The standard InChI is InChI=1S/C15H22N2O/c1-11(2)8-16-13(10-18)7-12-9-17-15-6-4-3-5-14(12)15/h3-6,9,11,13,16-18H,7-8,10H2,1-2H3/t13-/m0/s1. The minimum absolute atomic E-state index is 0.131. The molecule has 2 rings (SSSR count). The predicted molar refractivity (Wildman–Crippen MR) is 75.7 cm³/mol. The molecule has 0 fully saturated rings. The first kappa shape index (κ1) is 13.1. The highest BCUT2D eigenvalue weighted by Crippen LogP contribution is 2.19. The Hall–Kier alpha value is -1.32. The maximum Gasteiger partial charge on any atom is 0.0587 e. The van der Waals surface area contributed by atoms with E-state index in [9.17, 15) is 5.11 Å². The highest BCUT2D eigenvalue weighted by molar-refractivity contribution is 5.83. The number of fused-ring (bicyclic) bond motifs is 1. The zero-order valence-corrected chi connectivity index (χ0v) is 11.1. The van der Waals surface area contributed by atoms with Crippen LogP contribution in [0.1, 0.15) is 19.4 Å². The van der Waals surface area contributed by atoms with Crippen LogP contribution in [0.25, 0.3) is 10.9 Å². The summed E-state index contributed by atoms with van der Waals surface area (Å²) in [5.41, 5.74) is 2.42. The molecule has 0 saturated heterocycles. The van der Waals surface area contributed by atoms with E-state index in [1.807, 2.05) is 12.3 Å². The molecule has 0 bridgehead atoms. The Balaban J connectivity index is 2.07. The number of para-hydroxylation sites is 1. The molecule has 0 aliphatic carbocycles. The van der Waals surface area contributed by atoms with Gasteiger partial charge < -0.3 is 15.4 Å². The van der Waals surface area contributed by atoms with Gasteiger partial charge in [0.15, 0.2) is 0 Å². The van der Waals surface area contributed by atoms with E-state index in [2.05, 4.69) is 42.3 Å². The van der Waals surface area contributed by atoms with Gasteiger partial charge in [-0.3, -0.25) is 0 Å². The number of H-pyrrole nitrogens is 1. The Kier molecular flexibility index (Phi) is 4.39. The summed E-state index contributed by atoms with van der Waals surface area (Å²) in [5, 5.41) is 14.1. The highest BCUT2D eigenvalue weighted by atomic mass is 16.3. The van der Waals surface area contributed by atoms with Gasteiger partial charge >= 0.3 is 0 Å². The molecule has 1 aromatic carbocycles. The molecule has 1 aromatic heterocycles. The maximum absolute atomic E-state index is 9.44. The number of aliphatic hydroxyl groups is 1. The Morgan fingerprint density at radius 3 is 2.78 bits per heavy atom. The topological polar surface area (TPSA) is 48.0 Å². The highest BCUT2D eigenvalue weighted by Gasteiger charge is 2.11. The number of aliphatic hydroxyl groups excluding tert-OH is 1. The van der Waals surface area contributed by atoms with Crippen LogP contribution >= 0.6 is 0 Å². The van der Waals surface area contributed by atoms with Crippen molar-refractivity contribution in [3.63, 3.8) is 0 Å². The molecule has 18 heavy (non-hydrogen) atoms. The van der Waals surface area contributed by atoms with Gasteiger partial charge in [0.1, 0.15) is 0 Å². The summed E-state index contributed by atoms with van der Waals surface area (Å²) < 4.78 is 0. The lowest BCUT2D eigenvalue weighted by Gasteiger charge is -2.17.